The summed E-state index contributed by atoms with van der Waals surface area (Å²) in [5.41, 5.74) is 3.26. The van der Waals surface area contributed by atoms with Gasteiger partial charge in [-0.1, -0.05) is 30.3 Å². The van der Waals surface area contributed by atoms with Crippen LogP contribution in [-0.2, 0) is 0 Å². The highest BCUT2D eigenvalue weighted by Gasteiger charge is 2.24. The predicted molar refractivity (Wildman–Crippen MR) is 97.1 cm³/mol. The van der Waals surface area contributed by atoms with Gasteiger partial charge in [0.15, 0.2) is 0 Å². The van der Waals surface area contributed by atoms with E-state index >= 15 is 0 Å². The maximum Gasteiger partial charge on any atom is 0.258 e. The Labute approximate surface area is 142 Å². The Bertz CT molecular complexity index is 842. The van der Waals surface area contributed by atoms with E-state index in [4.69, 9.17) is 4.98 Å². The van der Waals surface area contributed by atoms with Crippen LogP contribution in [0.2, 0.25) is 0 Å². The Kier molecular flexibility index (Phi) is 4.38. The minimum atomic E-state index is 0.0239. The minimum Gasteiger partial charge on any atom is -0.334 e. The van der Waals surface area contributed by atoms with E-state index in [1.165, 1.54) is 0 Å². The maximum atomic E-state index is 13.1. The Morgan fingerprint density at radius 3 is 2.29 bits per heavy atom. The van der Waals surface area contributed by atoms with Gasteiger partial charge in [-0.2, -0.15) is 0 Å². The lowest BCUT2D eigenvalue weighted by Crippen LogP contribution is -2.42. The summed E-state index contributed by atoms with van der Waals surface area (Å²) >= 11 is 0. The van der Waals surface area contributed by atoms with E-state index in [2.05, 4.69) is 0 Å². The van der Waals surface area contributed by atoms with Crippen LogP contribution >= 0.6 is 0 Å². The maximum absolute atomic E-state index is 13.1. The fraction of sp³-hybridized carbons (Fsp3) is 0.300. The Balaban J connectivity index is 2.09. The number of benzene rings is 1. The molecule has 1 amide bonds. The zero-order valence-electron chi connectivity index (χ0n) is 14.6. The fourth-order valence-corrected chi connectivity index (χ4v) is 3.13. The summed E-state index contributed by atoms with van der Waals surface area (Å²) in [5, 5.41) is 0. The zero-order chi connectivity index (χ0) is 17.3. The normalized spacial score (nSPS) is 11.4. The van der Waals surface area contributed by atoms with Crippen molar-refractivity contribution < 1.29 is 4.79 Å². The highest BCUT2D eigenvalue weighted by atomic mass is 16.2. The molecule has 0 fully saturated rings. The number of aromatic nitrogens is 2. The van der Waals surface area contributed by atoms with Gasteiger partial charge >= 0.3 is 0 Å². The van der Waals surface area contributed by atoms with Gasteiger partial charge in [0.2, 0.25) is 0 Å². The molecule has 0 atom stereocenters. The number of rotatable bonds is 4. The van der Waals surface area contributed by atoms with Crippen LogP contribution in [0.25, 0.3) is 16.9 Å². The quantitative estimate of drug-likeness (QED) is 0.720. The average Bonchev–Trinajstić information content (AvgIpc) is 2.99. The van der Waals surface area contributed by atoms with Crippen LogP contribution in [-0.4, -0.2) is 32.3 Å². The third kappa shape index (κ3) is 2.92. The molecule has 4 nitrogen and oxygen atoms in total. The van der Waals surface area contributed by atoms with Crippen molar-refractivity contribution in [3.63, 3.8) is 0 Å². The van der Waals surface area contributed by atoms with E-state index in [1.54, 1.807) is 0 Å². The lowest BCUT2D eigenvalue weighted by molar-refractivity contribution is 0.0645. The summed E-state index contributed by atoms with van der Waals surface area (Å²) in [6, 6.07) is 14.1. The topological polar surface area (TPSA) is 37.6 Å². The van der Waals surface area contributed by atoms with Crippen molar-refractivity contribution in [1.29, 1.82) is 0 Å². The predicted octanol–water partition coefficient (Wildman–Crippen LogP) is 4.26. The van der Waals surface area contributed by atoms with E-state index in [-0.39, 0.29) is 18.0 Å². The van der Waals surface area contributed by atoms with Crippen molar-refractivity contribution in [3.8, 4) is 11.3 Å². The molecule has 0 aliphatic rings. The van der Waals surface area contributed by atoms with Crippen molar-refractivity contribution in [3.05, 3.63) is 60.4 Å². The lowest BCUT2D eigenvalue weighted by atomic mass is 10.1. The molecule has 2 heterocycles. The smallest absolute Gasteiger partial charge is 0.258 e. The number of nitrogens with zero attached hydrogens (tertiary/aromatic N) is 3. The molecule has 0 unspecified atom stereocenters. The summed E-state index contributed by atoms with van der Waals surface area (Å²) in [5.74, 6) is 0.0239. The molecule has 0 saturated heterocycles. The molecular weight excluding hydrogens is 298 g/mol. The van der Waals surface area contributed by atoms with Gasteiger partial charge in [-0.25, -0.2) is 4.98 Å². The van der Waals surface area contributed by atoms with Gasteiger partial charge in [0.05, 0.1) is 11.3 Å². The second-order valence-electron chi connectivity index (χ2n) is 6.54. The molecule has 0 radical (unpaired) electrons. The molecule has 0 spiro atoms. The van der Waals surface area contributed by atoms with Gasteiger partial charge < -0.3 is 9.30 Å². The Morgan fingerprint density at radius 1 is 1.00 bits per heavy atom. The number of hydrogen-bond acceptors (Lipinski definition) is 2. The first-order valence-corrected chi connectivity index (χ1v) is 8.35. The summed E-state index contributed by atoms with van der Waals surface area (Å²) in [4.78, 5) is 19.7. The second kappa shape index (κ2) is 6.48. The molecule has 0 aliphatic carbocycles. The van der Waals surface area contributed by atoms with E-state index in [1.807, 2.05) is 91.9 Å². The van der Waals surface area contributed by atoms with Crippen molar-refractivity contribution in [1.82, 2.24) is 14.3 Å². The van der Waals surface area contributed by atoms with Gasteiger partial charge in [0.25, 0.3) is 5.91 Å². The molecule has 4 heteroatoms. The molecule has 0 aliphatic heterocycles. The molecule has 24 heavy (non-hydrogen) atoms. The molecule has 1 aromatic carbocycles. The number of carbonyl (C=O) groups excluding carboxylic acids is 1. The molecule has 2 aromatic heterocycles. The van der Waals surface area contributed by atoms with Crippen molar-refractivity contribution >= 4 is 11.6 Å². The van der Waals surface area contributed by atoms with E-state index in [9.17, 15) is 4.79 Å². The number of imidazole rings is 1. The van der Waals surface area contributed by atoms with Gasteiger partial charge in [-0.3, -0.25) is 4.79 Å². The number of pyridine rings is 1. The molecule has 0 bridgehead atoms. The third-order valence-corrected chi connectivity index (χ3v) is 4.13. The van der Waals surface area contributed by atoms with Crippen LogP contribution in [0.3, 0.4) is 0 Å². The molecule has 0 N–H and O–H groups in total. The van der Waals surface area contributed by atoms with E-state index in [0.29, 0.717) is 11.2 Å². The summed E-state index contributed by atoms with van der Waals surface area (Å²) in [6.45, 7) is 8.16. The Morgan fingerprint density at radius 2 is 1.67 bits per heavy atom. The highest BCUT2D eigenvalue weighted by molar-refractivity contribution is 6.00. The first kappa shape index (κ1) is 16.2. The van der Waals surface area contributed by atoms with Crippen molar-refractivity contribution in [2.24, 2.45) is 0 Å². The SMILES string of the molecule is CC(C)N(C(=O)c1cccn2cc(-c3ccccc3)nc12)C(C)C. The van der Waals surface area contributed by atoms with Gasteiger partial charge in [0.1, 0.15) is 5.65 Å². The van der Waals surface area contributed by atoms with E-state index in [0.717, 1.165) is 11.3 Å². The average molecular weight is 321 g/mol. The van der Waals surface area contributed by atoms with Crippen molar-refractivity contribution in [2.45, 2.75) is 39.8 Å². The molecule has 124 valence electrons. The summed E-state index contributed by atoms with van der Waals surface area (Å²) in [6.07, 6.45) is 3.90. The van der Waals surface area contributed by atoms with Crippen LogP contribution in [0.15, 0.2) is 54.9 Å². The number of carbonyl (C=O) groups is 1. The number of hydrogen-bond donors (Lipinski definition) is 0. The van der Waals surface area contributed by atoms with Crippen LogP contribution in [0.4, 0.5) is 0 Å². The van der Waals surface area contributed by atoms with Crippen LogP contribution < -0.4 is 0 Å². The first-order chi connectivity index (χ1) is 11.5. The highest BCUT2D eigenvalue weighted by Crippen LogP contribution is 2.22. The third-order valence-electron chi connectivity index (χ3n) is 4.13. The van der Waals surface area contributed by atoms with Gasteiger partial charge in [-0.05, 0) is 39.8 Å². The minimum absolute atomic E-state index is 0.0239. The fourth-order valence-electron chi connectivity index (χ4n) is 3.13. The Hall–Kier alpha value is -2.62. The molecule has 0 saturated carbocycles. The van der Waals surface area contributed by atoms with E-state index < -0.39 is 0 Å². The zero-order valence-corrected chi connectivity index (χ0v) is 14.6. The summed E-state index contributed by atoms with van der Waals surface area (Å²) in [7, 11) is 0. The van der Waals surface area contributed by atoms with Gasteiger partial charge in [-0.15, -0.1) is 0 Å². The number of amides is 1. The first-order valence-electron chi connectivity index (χ1n) is 8.35. The standard InChI is InChI=1S/C20H23N3O/c1-14(2)23(15(3)4)20(24)17-11-8-12-22-13-18(21-19(17)22)16-9-6-5-7-10-16/h5-15H,1-4H3. The second-order valence-corrected chi connectivity index (χ2v) is 6.54. The largest absolute Gasteiger partial charge is 0.334 e. The molecule has 3 aromatic rings. The van der Waals surface area contributed by atoms with Crippen LogP contribution in [0.1, 0.15) is 38.1 Å². The van der Waals surface area contributed by atoms with Gasteiger partial charge in [0, 0.05) is 30.0 Å². The molecule has 3 rings (SSSR count). The molecular formula is C20H23N3O. The number of fused-ring (bicyclic) bond motifs is 1. The van der Waals surface area contributed by atoms with Crippen molar-refractivity contribution in [2.75, 3.05) is 0 Å². The monoisotopic (exact) mass is 321 g/mol. The summed E-state index contributed by atoms with van der Waals surface area (Å²) < 4.78 is 1.92. The van der Waals surface area contributed by atoms with Crippen LogP contribution in [0.5, 0.6) is 0 Å². The van der Waals surface area contributed by atoms with Crippen LogP contribution in [0, 0.1) is 0 Å². The lowest BCUT2D eigenvalue weighted by Gasteiger charge is -2.30.